The van der Waals surface area contributed by atoms with Gasteiger partial charge in [-0.1, -0.05) is 0 Å². The zero-order valence-electron chi connectivity index (χ0n) is 14.8. The molecule has 4 rings (SSSR count). The Morgan fingerprint density at radius 2 is 0.778 bits per heavy atom. The summed E-state index contributed by atoms with van der Waals surface area (Å²) in [4.78, 5) is 0. The van der Waals surface area contributed by atoms with E-state index >= 15 is 0 Å². The Kier molecular flexibility index (Phi) is 6.30. The van der Waals surface area contributed by atoms with Gasteiger partial charge in [-0.05, 0) is 0 Å². The number of halogens is 1. The predicted octanol–water partition coefficient (Wildman–Crippen LogP) is 4.36. The van der Waals surface area contributed by atoms with E-state index in [0.717, 1.165) is 5.30 Å². The average molecular weight is 484 g/mol. The number of phenols is 1. The van der Waals surface area contributed by atoms with Gasteiger partial charge in [0.05, 0.1) is 0 Å². The maximum absolute atomic E-state index is 10.9. The summed E-state index contributed by atoms with van der Waals surface area (Å²) >= 11 is 0. The summed E-state index contributed by atoms with van der Waals surface area (Å²) in [6.45, 7) is 0. The summed E-state index contributed by atoms with van der Waals surface area (Å²) in [7, 11) is -2.59. The third kappa shape index (κ3) is 3.52. The van der Waals surface area contributed by atoms with Crippen LogP contribution in [0.15, 0.2) is 115 Å². The van der Waals surface area contributed by atoms with Crippen molar-refractivity contribution in [3.63, 3.8) is 0 Å². The topological polar surface area (TPSA) is 20.2 Å². The monoisotopic (exact) mass is 484 g/mol. The van der Waals surface area contributed by atoms with Crippen LogP contribution >= 0.6 is 31.2 Å². The van der Waals surface area contributed by atoms with Crippen molar-refractivity contribution in [3.8, 4) is 5.75 Å². The molecule has 0 saturated carbocycles. The molecule has 136 valence electrons. The molecule has 0 aliphatic rings. The van der Waals surface area contributed by atoms with Gasteiger partial charge in [0.1, 0.15) is 0 Å². The van der Waals surface area contributed by atoms with Crippen molar-refractivity contribution in [2.75, 3.05) is 0 Å². The zero-order chi connectivity index (χ0) is 17.8. The Balaban J connectivity index is 0.00000210. The van der Waals surface area contributed by atoms with E-state index in [1.54, 1.807) is 6.07 Å². The minimum absolute atomic E-state index is 0. The van der Waals surface area contributed by atoms with Gasteiger partial charge in [-0.2, -0.15) is 0 Å². The molecular formula is C24H22IOP. The number of hydrogen-bond donors (Lipinski definition) is 1. The van der Waals surface area contributed by atoms with Gasteiger partial charge < -0.3 is 0 Å². The number of para-hydroxylation sites is 1. The second-order valence-electron chi connectivity index (χ2n) is 6.37. The Labute approximate surface area is 178 Å². The molecule has 0 bridgehead atoms. The number of hydrogen-bond acceptors (Lipinski definition) is 1. The summed E-state index contributed by atoms with van der Waals surface area (Å²) in [5.74, 6) is 0.357. The zero-order valence-corrected chi connectivity index (χ0v) is 18.2. The van der Waals surface area contributed by atoms with Crippen molar-refractivity contribution in [2.45, 2.75) is 0 Å². The van der Waals surface area contributed by atoms with Gasteiger partial charge in [-0.15, -0.1) is 24.0 Å². The van der Waals surface area contributed by atoms with Crippen molar-refractivity contribution in [3.05, 3.63) is 115 Å². The standard InChI is InChI=1S/C24H21OP.HI/c25-23-18-10-11-19-24(23)26(20-12-4-1-5-13-20,21-14-6-2-7-15-21)22-16-8-3-9-17-22;/h1-19,25-26H;1H. The minimum atomic E-state index is -2.59. The molecule has 0 aliphatic carbocycles. The molecule has 0 saturated heterocycles. The van der Waals surface area contributed by atoms with Gasteiger partial charge in [-0.25, -0.2) is 0 Å². The molecule has 1 N–H and O–H groups in total. The summed E-state index contributed by atoms with van der Waals surface area (Å²) in [6.07, 6.45) is 0. The van der Waals surface area contributed by atoms with Gasteiger partial charge >= 0.3 is 155 Å². The van der Waals surface area contributed by atoms with Crippen LogP contribution in [0.25, 0.3) is 0 Å². The molecule has 3 heteroatoms. The van der Waals surface area contributed by atoms with Crippen molar-refractivity contribution >= 4 is 52.5 Å². The molecule has 27 heavy (non-hydrogen) atoms. The van der Waals surface area contributed by atoms with Crippen LogP contribution in [0, 0.1) is 0 Å². The molecule has 0 amide bonds. The fourth-order valence-electron chi connectivity index (χ4n) is 3.82. The molecule has 0 fully saturated rings. The van der Waals surface area contributed by atoms with E-state index < -0.39 is 7.26 Å². The van der Waals surface area contributed by atoms with E-state index in [9.17, 15) is 5.11 Å². The number of rotatable bonds is 4. The van der Waals surface area contributed by atoms with Crippen LogP contribution in [0.3, 0.4) is 0 Å². The van der Waals surface area contributed by atoms with E-state index in [1.165, 1.54) is 15.9 Å². The third-order valence-electron chi connectivity index (χ3n) is 4.93. The molecule has 0 radical (unpaired) electrons. The van der Waals surface area contributed by atoms with Crippen LogP contribution in [-0.2, 0) is 0 Å². The van der Waals surface area contributed by atoms with Crippen LogP contribution in [0.4, 0.5) is 0 Å². The molecule has 0 aromatic heterocycles. The molecule has 1 nitrogen and oxygen atoms in total. The van der Waals surface area contributed by atoms with E-state index in [4.69, 9.17) is 0 Å². The summed E-state index contributed by atoms with van der Waals surface area (Å²) in [6, 6.07) is 39.6. The molecule has 0 spiro atoms. The summed E-state index contributed by atoms with van der Waals surface area (Å²) < 4.78 is 0. The Hall–Kier alpha value is -2.16. The quantitative estimate of drug-likeness (QED) is 0.337. The molecular weight excluding hydrogens is 462 g/mol. The Bertz CT molecular complexity index is 892. The average Bonchev–Trinajstić information content (AvgIpc) is 2.72. The van der Waals surface area contributed by atoms with Gasteiger partial charge in [0.25, 0.3) is 0 Å². The normalized spacial score (nSPS) is 11.4. The Morgan fingerprint density at radius 3 is 1.15 bits per heavy atom. The fraction of sp³-hybridized carbons (Fsp3) is 0. The molecule has 0 atom stereocenters. The first-order chi connectivity index (χ1) is 12.8. The van der Waals surface area contributed by atoms with Gasteiger partial charge in [0, 0.05) is 0 Å². The van der Waals surface area contributed by atoms with Gasteiger partial charge in [0.15, 0.2) is 0 Å². The molecule has 0 unspecified atom stereocenters. The maximum atomic E-state index is 10.9. The number of benzene rings is 4. The van der Waals surface area contributed by atoms with Crippen LogP contribution in [0.5, 0.6) is 5.75 Å². The molecule has 0 aliphatic heterocycles. The van der Waals surface area contributed by atoms with Gasteiger partial charge in [0.2, 0.25) is 0 Å². The van der Waals surface area contributed by atoms with Crippen LogP contribution < -0.4 is 21.2 Å². The van der Waals surface area contributed by atoms with E-state index in [0.29, 0.717) is 5.75 Å². The van der Waals surface area contributed by atoms with E-state index in [2.05, 4.69) is 78.9 Å². The first-order valence-electron chi connectivity index (χ1n) is 8.78. The van der Waals surface area contributed by atoms with Gasteiger partial charge in [-0.3, -0.25) is 0 Å². The second kappa shape index (κ2) is 8.69. The van der Waals surface area contributed by atoms with Crippen molar-refractivity contribution in [1.29, 1.82) is 0 Å². The fourth-order valence-corrected chi connectivity index (χ4v) is 8.65. The van der Waals surface area contributed by atoms with Crippen LogP contribution in [-0.4, -0.2) is 5.11 Å². The molecule has 0 heterocycles. The molecule has 4 aromatic rings. The van der Waals surface area contributed by atoms with Crippen molar-refractivity contribution < 1.29 is 5.11 Å². The second-order valence-corrected chi connectivity index (χ2v) is 10.1. The van der Waals surface area contributed by atoms with Crippen LogP contribution in [0.2, 0.25) is 0 Å². The third-order valence-corrected chi connectivity index (χ3v) is 9.76. The number of aromatic hydroxyl groups is 1. The summed E-state index contributed by atoms with van der Waals surface area (Å²) in [5.41, 5.74) is 0. The predicted molar refractivity (Wildman–Crippen MR) is 130 cm³/mol. The van der Waals surface area contributed by atoms with Crippen molar-refractivity contribution in [2.24, 2.45) is 0 Å². The summed E-state index contributed by atoms with van der Waals surface area (Å²) in [5, 5.41) is 15.7. The molecule has 4 aromatic carbocycles. The van der Waals surface area contributed by atoms with E-state index in [1.807, 2.05) is 30.3 Å². The Morgan fingerprint density at radius 1 is 0.444 bits per heavy atom. The van der Waals surface area contributed by atoms with E-state index in [-0.39, 0.29) is 24.0 Å². The van der Waals surface area contributed by atoms with Crippen LogP contribution in [0.1, 0.15) is 0 Å². The SMILES string of the molecule is I.Oc1ccccc1[PH](c1ccccc1)(c1ccccc1)c1ccccc1. The number of phenolic OH excluding ortho intramolecular Hbond substituents is 1. The first kappa shape index (κ1) is 19.6. The first-order valence-corrected chi connectivity index (χ1v) is 10.8. The van der Waals surface area contributed by atoms with Crippen molar-refractivity contribution in [1.82, 2.24) is 0 Å².